The molecule has 1 aromatic carbocycles. The Kier molecular flexibility index (Phi) is 4.17. The average molecular weight is 313 g/mol. The number of halogens is 1. The van der Waals surface area contributed by atoms with Gasteiger partial charge in [-0.25, -0.2) is 0 Å². The second-order valence-electron chi connectivity index (χ2n) is 5.28. The quantitative estimate of drug-likeness (QED) is 0.789. The highest BCUT2D eigenvalue weighted by atomic mass is 79.9. The molecule has 0 bridgehead atoms. The highest BCUT2D eigenvalue weighted by Crippen LogP contribution is 2.49. The summed E-state index contributed by atoms with van der Waals surface area (Å²) in [7, 11) is 1.77. The van der Waals surface area contributed by atoms with Crippen LogP contribution < -0.4 is 11.1 Å². The summed E-state index contributed by atoms with van der Waals surface area (Å²) < 4.78 is 6.21. The fraction of sp³-hybridized carbons (Fsp3) is 0.571. The fourth-order valence-corrected chi connectivity index (χ4v) is 2.63. The molecule has 0 aromatic heterocycles. The molecule has 0 amide bonds. The summed E-state index contributed by atoms with van der Waals surface area (Å²) in [5.41, 5.74) is 9.39. The van der Waals surface area contributed by atoms with E-state index >= 15 is 0 Å². The summed E-state index contributed by atoms with van der Waals surface area (Å²) in [4.78, 5) is 0. The highest BCUT2D eigenvalue weighted by molar-refractivity contribution is 9.10. The van der Waals surface area contributed by atoms with Gasteiger partial charge in [-0.3, -0.25) is 0 Å². The van der Waals surface area contributed by atoms with Crippen LogP contribution in [0.1, 0.15) is 24.8 Å². The zero-order valence-corrected chi connectivity index (χ0v) is 12.6. The molecule has 18 heavy (non-hydrogen) atoms. The molecule has 1 saturated carbocycles. The molecule has 1 fully saturated rings. The van der Waals surface area contributed by atoms with Gasteiger partial charge in [0.05, 0.1) is 0 Å². The van der Waals surface area contributed by atoms with Crippen molar-refractivity contribution in [2.24, 2.45) is 5.41 Å². The van der Waals surface area contributed by atoms with E-state index < -0.39 is 0 Å². The average Bonchev–Trinajstić information content (AvgIpc) is 3.10. The normalized spacial score (nSPS) is 16.6. The molecule has 100 valence electrons. The van der Waals surface area contributed by atoms with Gasteiger partial charge in [0.15, 0.2) is 0 Å². The predicted molar refractivity (Wildman–Crippen MR) is 79.9 cm³/mol. The van der Waals surface area contributed by atoms with E-state index in [9.17, 15) is 0 Å². The molecule has 2 rings (SSSR count). The second kappa shape index (κ2) is 5.49. The summed E-state index contributed by atoms with van der Waals surface area (Å²) in [6.07, 6.45) is 3.74. The van der Waals surface area contributed by atoms with Crippen LogP contribution in [0.15, 0.2) is 16.6 Å². The number of hydrogen-bond donors (Lipinski definition) is 2. The number of methoxy groups -OCH3 is 1. The van der Waals surface area contributed by atoms with Crippen molar-refractivity contribution in [3.8, 4) is 0 Å². The molecule has 3 N–H and O–H groups in total. The van der Waals surface area contributed by atoms with E-state index in [0.717, 1.165) is 41.0 Å². The standard InChI is InChI=1S/C14H21BrN2O/c1-10-7-13(11(15)8-12(10)16)17-9-14(3-4-14)5-6-18-2/h7-8,17H,3-6,9,16H2,1-2H3. The number of aryl methyl sites for hydroxylation is 1. The highest BCUT2D eigenvalue weighted by Gasteiger charge is 2.41. The van der Waals surface area contributed by atoms with Crippen LogP contribution in [0, 0.1) is 12.3 Å². The molecule has 0 heterocycles. The van der Waals surface area contributed by atoms with Crippen LogP contribution in [0.4, 0.5) is 11.4 Å². The Morgan fingerprint density at radius 1 is 1.44 bits per heavy atom. The predicted octanol–water partition coefficient (Wildman–Crippen LogP) is 3.57. The zero-order valence-electron chi connectivity index (χ0n) is 11.1. The first kappa shape index (κ1) is 13.7. The lowest BCUT2D eigenvalue weighted by Crippen LogP contribution is -2.17. The number of nitrogens with one attached hydrogen (secondary N) is 1. The van der Waals surface area contributed by atoms with Gasteiger partial charge in [-0.2, -0.15) is 0 Å². The van der Waals surface area contributed by atoms with Gasteiger partial charge in [-0.05, 0) is 65.2 Å². The van der Waals surface area contributed by atoms with Crippen LogP contribution in [0.25, 0.3) is 0 Å². The number of hydrogen-bond acceptors (Lipinski definition) is 3. The van der Waals surface area contributed by atoms with Crippen LogP contribution in [0.3, 0.4) is 0 Å². The molecular formula is C14H21BrN2O. The van der Waals surface area contributed by atoms with Gasteiger partial charge in [-0.15, -0.1) is 0 Å². The topological polar surface area (TPSA) is 47.3 Å². The third-order valence-electron chi connectivity index (χ3n) is 3.80. The largest absolute Gasteiger partial charge is 0.398 e. The SMILES string of the molecule is COCCC1(CNc2cc(C)c(N)cc2Br)CC1. The minimum Gasteiger partial charge on any atom is -0.398 e. The van der Waals surface area contributed by atoms with E-state index in [1.807, 2.05) is 13.0 Å². The van der Waals surface area contributed by atoms with Crippen molar-refractivity contribution in [1.82, 2.24) is 0 Å². The van der Waals surface area contributed by atoms with E-state index in [1.54, 1.807) is 7.11 Å². The van der Waals surface area contributed by atoms with Gasteiger partial charge >= 0.3 is 0 Å². The Morgan fingerprint density at radius 3 is 2.78 bits per heavy atom. The number of rotatable bonds is 6. The van der Waals surface area contributed by atoms with Gasteiger partial charge in [0.2, 0.25) is 0 Å². The Hall–Kier alpha value is -0.740. The van der Waals surface area contributed by atoms with Crippen molar-refractivity contribution in [2.45, 2.75) is 26.2 Å². The lowest BCUT2D eigenvalue weighted by atomic mass is 10.0. The van der Waals surface area contributed by atoms with Crippen molar-refractivity contribution >= 4 is 27.3 Å². The first-order valence-corrected chi connectivity index (χ1v) is 7.14. The van der Waals surface area contributed by atoms with Crippen LogP contribution in [0.2, 0.25) is 0 Å². The maximum Gasteiger partial charge on any atom is 0.0489 e. The second-order valence-corrected chi connectivity index (χ2v) is 6.14. The molecule has 0 atom stereocenters. The number of anilines is 2. The van der Waals surface area contributed by atoms with Crippen LogP contribution in [-0.2, 0) is 4.74 Å². The summed E-state index contributed by atoms with van der Waals surface area (Å²) in [5.74, 6) is 0. The summed E-state index contributed by atoms with van der Waals surface area (Å²) in [6.45, 7) is 3.90. The van der Waals surface area contributed by atoms with Gasteiger partial charge < -0.3 is 15.8 Å². The Labute approximate surface area is 117 Å². The van der Waals surface area contributed by atoms with Crippen molar-refractivity contribution in [2.75, 3.05) is 31.3 Å². The fourth-order valence-electron chi connectivity index (χ4n) is 2.13. The Morgan fingerprint density at radius 2 is 2.17 bits per heavy atom. The molecule has 1 aliphatic carbocycles. The van der Waals surface area contributed by atoms with E-state index in [-0.39, 0.29) is 0 Å². The smallest absolute Gasteiger partial charge is 0.0489 e. The van der Waals surface area contributed by atoms with Crippen molar-refractivity contribution in [1.29, 1.82) is 0 Å². The number of nitrogens with two attached hydrogens (primary N) is 1. The lowest BCUT2D eigenvalue weighted by Gasteiger charge is -2.18. The van der Waals surface area contributed by atoms with Crippen LogP contribution >= 0.6 is 15.9 Å². The molecular weight excluding hydrogens is 292 g/mol. The van der Waals surface area contributed by atoms with Crippen LogP contribution in [-0.4, -0.2) is 20.3 Å². The third-order valence-corrected chi connectivity index (χ3v) is 4.46. The van der Waals surface area contributed by atoms with Crippen molar-refractivity contribution in [3.63, 3.8) is 0 Å². The molecule has 0 aliphatic heterocycles. The van der Waals surface area contributed by atoms with Crippen LogP contribution in [0.5, 0.6) is 0 Å². The molecule has 1 aromatic rings. The van der Waals surface area contributed by atoms with Gasteiger partial charge in [0, 0.05) is 36.1 Å². The first-order chi connectivity index (χ1) is 8.56. The Balaban J connectivity index is 1.96. The maximum absolute atomic E-state index is 5.88. The van der Waals surface area contributed by atoms with Crippen molar-refractivity contribution in [3.05, 3.63) is 22.2 Å². The molecule has 0 unspecified atom stereocenters. The van der Waals surface area contributed by atoms with E-state index in [4.69, 9.17) is 10.5 Å². The summed E-state index contributed by atoms with van der Waals surface area (Å²) >= 11 is 3.55. The monoisotopic (exact) mass is 312 g/mol. The lowest BCUT2D eigenvalue weighted by molar-refractivity contribution is 0.175. The molecule has 3 nitrogen and oxygen atoms in total. The number of benzene rings is 1. The maximum atomic E-state index is 5.88. The van der Waals surface area contributed by atoms with Gasteiger partial charge in [0.1, 0.15) is 0 Å². The van der Waals surface area contributed by atoms with Gasteiger partial charge in [0.25, 0.3) is 0 Å². The van der Waals surface area contributed by atoms with E-state index in [1.165, 1.54) is 12.8 Å². The summed E-state index contributed by atoms with van der Waals surface area (Å²) in [6, 6.07) is 4.07. The molecule has 0 spiro atoms. The Bertz CT molecular complexity index is 430. The first-order valence-electron chi connectivity index (χ1n) is 6.35. The number of ether oxygens (including phenoxy) is 1. The molecule has 0 radical (unpaired) electrons. The molecule has 1 aliphatic rings. The third kappa shape index (κ3) is 3.18. The van der Waals surface area contributed by atoms with Crippen molar-refractivity contribution < 1.29 is 4.74 Å². The molecule has 4 heteroatoms. The van der Waals surface area contributed by atoms with Gasteiger partial charge in [-0.1, -0.05) is 0 Å². The van der Waals surface area contributed by atoms with E-state index in [2.05, 4.69) is 27.3 Å². The zero-order chi connectivity index (χ0) is 13.2. The summed E-state index contributed by atoms with van der Waals surface area (Å²) in [5, 5.41) is 3.53. The minimum atomic E-state index is 0.449. The molecule has 0 saturated heterocycles. The van der Waals surface area contributed by atoms with E-state index in [0.29, 0.717) is 5.41 Å². The minimum absolute atomic E-state index is 0.449. The number of nitrogen functional groups attached to an aromatic ring is 1.